The number of hydrogen-bond donors (Lipinski definition) is 3. The van der Waals surface area contributed by atoms with Gasteiger partial charge in [-0.3, -0.25) is 14.3 Å². The Bertz CT molecular complexity index is 1400. The van der Waals surface area contributed by atoms with Gasteiger partial charge in [-0.2, -0.15) is 5.10 Å². The minimum Gasteiger partial charge on any atom is -0.389 e. The Kier molecular flexibility index (Phi) is 8.07. The molecule has 3 N–H and O–H groups in total. The molecule has 3 aromatic rings. The molecule has 0 radical (unpaired) electrons. The number of amides is 2. The van der Waals surface area contributed by atoms with Gasteiger partial charge < -0.3 is 20.3 Å². The van der Waals surface area contributed by atoms with Crippen LogP contribution in [0.4, 0.5) is 10.1 Å². The fraction of sp³-hybridized carbons (Fsp3) is 0.276. The monoisotopic (exact) mass is 517 g/mol. The van der Waals surface area contributed by atoms with Gasteiger partial charge in [-0.15, -0.1) is 0 Å². The smallest absolute Gasteiger partial charge is 0.276 e. The van der Waals surface area contributed by atoms with Crippen molar-refractivity contribution in [3.05, 3.63) is 107 Å². The molecule has 0 saturated carbocycles. The normalized spacial score (nSPS) is 16.4. The van der Waals surface area contributed by atoms with Gasteiger partial charge in [-0.1, -0.05) is 37.8 Å². The van der Waals surface area contributed by atoms with E-state index in [2.05, 4.69) is 22.0 Å². The van der Waals surface area contributed by atoms with Gasteiger partial charge in [0.25, 0.3) is 11.8 Å². The Labute approximate surface area is 221 Å². The number of fused-ring (bicyclic) bond motifs is 1. The molecule has 1 aliphatic rings. The number of rotatable bonds is 8. The van der Waals surface area contributed by atoms with Gasteiger partial charge in [-0.05, 0) is 55.3 Å². The second-order valence-electron chi connectivity index (χ2n) is 9.46. The third kappa shape index (κ3) is 5.84. The minimum absolute atomic E-state index is 0.116. The second kappa shape index (κ2) is 11.4. The first-order valence-corrected chi connectivity index (χ1v) is 12.5. The van der Waals surface area contributed by atoms with Crippen molar-refractivity contribution in [2.45, 2.75) is 45.9 Å². The van der Waals surface area contributed by atoms with Crippen molar-refractivity contribution in [3.8, 4) is 0 Å². The zero-order valence-electron chi connectivity index (χ0n) is 21.7. The van der Waals surface area contributed by atoms with E-state index in [1.165, 1.54) is 12.2 Å². The molecule has 0 aliphatic carbocycles. The van der Waals surface area contributed by atoms with Crippen LogP contribution in [0, 0.1) is 0 Å². The molecule has 0 bridgehead atoms. The summed E-state index contributed by atoms with van der Waals surface area (Å²) in [5.74, 6) is -1.08. The first-order valence-electron chi connectivity index (χ1n) is 12.5. The molecule has 0 unspecified atom stereocenters. The maximum Gasteiger partial charge on any atom is 0.276 e. The molecule has 8 nitrogen and oxygen atoms in total. The van der Waals surface area contributed by atoms with Crippen molar-refractivity contribution in [2.24, 2.45) is 0 Å². The van der Waals surface area contributed by atoms with E-state index < -0.39 is 12.0 Å². The Morgan fingerprint density at radius 3 is 2.79 bits per heavy atom. The van der Waals surface area contributed by atoms with Crippen LogP contribution in [0.3, 0.4) is 0 Å². The Balaban J connectivity index is 1.69. The summed E-state index contributed by atoms with van der Waals surface area (Å²) in [7, 11) is 0. The molecule has 1 aliphatic heterocycles. The zero-order valence-corrected chi connectivity index (χ0v) is 21.7. The Morgan fingerprint density at radius 1 is 1.32 bits per heavy atom. The van der Waals surface area contributed by atoms with E-state index in [9.17, 15) is 19.1 Å². The maximum absolute atomic E-state index is 13.6. The van der Waals surface area contributed by atoms with E-state index in [1.54, 1.807) is 72.1 Å². The third-order valence-electron chi connectivity index (χ3n) is 6.47. The molecule has 198 valence electrons. The van der Waals surface area contributed by atoms with Crippen molar-refractivity contribution in [3.63, 3.8) is 0 Å². The van der Waals surface area contributed by atoms with Gasteiger partial charge >= 0.3 is 0 Å². The molecule has 0 saturated heterocycles. The number of anilines is 1. The number of nitrogens with one attached hydrogen (secondary N) is 2. The van der Waals surface area contributed by atoms with Crippen LogP contribution < -0.4 is 5.32 Å². The number of aromatic nitrogens is 3. The molecule has 2 aromatic heterocycles. The highest BCUT2D eigenvalue weighted by Crippen LogP contribution is 2.32. The van der Waals surface area contributed by atoms with Crippen LogP contribution in [0.5, 0.6) is 0 Å². The molecule has 2 amide bonds. The first-order chi connectivity index (χ1) is 18.2. The van der Waals surface area contributed by atoms with Crippen LogP contribution in [-0.4, -0.2) is 43.1 Å². The highest BCUT2D eigenvalue weighted by Gasteiger charge is 2.34. The summed E-state index contributed by atoms with van der Waals surface area (Å²) in [6.45, 7) is 10.2. The number of H-pyrrole nitrogens is 1. The summed E-state index contributed by atoms with van der Waals surface area (Å²) in [6.07, 6.45) is 5.28. The number of allylic oxidation sites excluding steroid dienone is 5. The lowest BCUT2D eigenvalue weighted by Crippen LogP contribution is -2.38. The summed E-state index contributed by atoms with van der Waals surface area (Å²) in [5.41, 5.74) is 3.97. The molecular formula is C29H32FN5O3. The van der Waals surface area contributed by atoms with E-state index >= 15 is 0 Å². The summed E-state index contributed by atoms with van der Waals surface area (Å²) in [5, 5.41) is 17.4. The molecule has 0 fully saturated rings. The van der Waals surface area contributed by atoms with E-state index in [0.717, 1.165) is 5.69 Å². The van der Waals surface area contributed by atoms with Crippen molar-refractivity contribution in [1.29, 1.82) is 0 Å². The van der Waals surface area contributed by atoms with E-state index in [-0.39, 0.29) is 36.4 Å². The molecule has 9 heteroatoms. The van der Waals surface area contributed by atoms with E-state index in [0.29, 0.717) is 34.6 Å². The number of aliphatic hydroxyl groups excluding tert-OH is 1. The Hall–Kier alpha value is -4.24. The quantitative estimate of drug-likeness (QED) is 0.355. The van der Waals surface area contributed by atoms with E-state index in [4.69, 9.17) is 0 Å². The van der Waals surface area contributed by atoms with Crippen molar-refractivity contribution in [1.82, 2.24) is 19.7 Å². The number of nitrogens with zero attached hydrogens (tertiary/aromatic N) is 3. The summed E-state index contributed by atoms with van der Waals surface area (Å²) >= 11 is 0. The number of aromatic amines is 1. The highest BCUT2D eigenvalue weighted by molar-refractivity contribution is 6.04. The molecule has 3 heterocycles. The van der Waals surface area contributed by atoms with Crippen LogP contribution in [-0.2, 0) is 13.1 Å². The van der Waals surface area contributed by atoms with Crippen molar-refractivity contribution < 1.29 is 19.1 Å². The number of carbonyl (C=O) groups is 2. The average molecular weight is 518 g/mol. The topological polar surface area (TPSA) is 103 Å². The van der Waals surface area contributed by atoms with Gasteiger partial charge in [0.05, 0.1) is 19.2 Å². The lowest BCUT2D eigenvalue weighted by Gasteiger charge is -2.32. The van der Waals surface area contributed by atoms with Crippen LogP contribution in [0.15, 0.2) is 78.8 Å². The average Bonchev–Trinajstić information content (AvgIpc) is 3.56. The predicted molar refractivity (Wildman–Crippen MR) is 144 cm³/mol. The second-order valence-corrected chi connectivity index (χ2v) is 9.46. The Morgan fingerprint density at radius 2 is 2.11 bits per heavy atom. The largest absolute Gasteiger partial charge is 0.389 e. The number of benzene rings is 1. The fourth-order valence-electron chi connectivity index (χ4n) is 4.59. The van der Waals surface area contributed by atoms with Crippen LogP contribution in [0.1, 0.15) is 70.6 Å². The molecule has 0 spiro atoms. The summed E-state index contributed by atoms with van der Waals surface area (Å²) in [4.78, 5) is 31.3. The molecule has 1 aromatic carbocycles. The number of carbonyl (C=O) groups excluding carboxylic acids is 2. The summed E-state index contributed by atoms with van der Waals surface area (Å²) in [6, 6.07) is 10.5. The third-order valence-corrected chi connectivity index (χ3v) is 6.47. The minimum atomic E-state index is -0.682. The maximum atomic E-state index is 13.6. The summed E-state index contributed by atoms with van der Waals surface area (Å²) < 4.78 is 15.3. The zero-order chi connectivity index (χ0) is 27.4. The first kappa shape index (κ1) is 26.8. The van der Waals surface area contributed by atoms with Gasteiger partial charge in [0.2, 0.25) is 0 Å². The predicted octanol–water partition coefficient (Wildman–Crippen LogP) is 5.26. The van der Waals surface area contributed by atoms with Crippen molar-refractivity contribution >= 4 is 17.5 Å². The number of aliphatic hydroxyl groups is 1. The van der Waals surface area contributed by atoms with Crippen LogP contribution >= 0.6 is 0 Å². The molecule has 38 heavy (non-hydrogen) atoms. The molecule has 4 rings (SSSR count). The number of halogens is 1. The lowest BCUT2D eigenvalue weighted by molar-refractivity contribution is 0.0711. The molecule has 2 atom stereocenters. The SMILES string of the molecule is C=C(/C=C\C(F)=C/C)Cn1nc(C(=O)Nc2cccc([C@H](C)O)c2)c2c1[C@H](C)CN(C(=O)c1ccc[nH]1)C2. The van der Waals surface area contributed by atoms with Gasteiger partial charge in [0.15, 0.2) is 5.69 Å². The van der Waals surface area contributed by atoms with Gasteiger partial charge in [0.1, 0.15) is 11.5 Å². The fourth-order valence-corrected chi connectivity index (χ4v) is 4.59. The molecular weight excluding hydrogens is 485 g/mol. The number of hydrogen-bond acceptors (Lipinski definition) is 4. The highest BCUT2D eigenvalue weighted by atomic mass is 19.1. The van der Waals surface area contributed by atoms with Gasteiger partial charge in [-0.25, -0.2) is 4.39 Å². The standard InChI is InChI=1S/C29H32FN5O3/c1-5-22(30)12-11-18(2)15-35-27-19(3)16-34(29(38)25-10-7-13-31-25)17-24(27)26(33-35)28(37)32-23-9-6-8-21(14-23)20(4)36/h5-14,19-20,31,36H,2,15-17H2,1,3-4H3,(H,32,37)/b12-11-,22-5+/t19-,20+/m1/s1. The van der Waals surface area contributed by atoms with E-state index in [1.807, 2.05) is 6.92 Å². The lowest BCUT2D eigenvalue weighted by atomic mass is 9.95. The van der Waals surface area contributed by atoms with Crippen LogP contribution in [0.25, 0.3) is 0 Å². The van der Waals surface area contributed by atoms with Crippen molar-refractivity contribution in [2.75, 3.05) is 11.9 Å². The van der Waals surface area contributed by atoms with Gasteiger partial charge in [0, 0.05) is 35.6 Å². The van der Waals surface area contributed by atoms with Crippen LogP contribution in [0.2, 0.25) is 0 Å².